The van der Waals surface area contributed by atoms with Gasteiger partial charge in [0.1, 0.15) is 5.82 Å². The van der Waals surface area contributed by atoms with Gasteiger partial charge >= 0.3 is 5.69 Å². The molecule has 0 amide bonds. The zero-order valence-corrected chi connectivity index (χ0v) is 26.4. The zero-order chi connectivity index (χ0) is 32.7. The summed E-state index contributed by atoms with van der Waals surface area (Å²) in [5.41, 5.74) is 2.59. The van der Waals surface area contributed by atoms with Crippen molar-refractivity contribution in [2.24, 2.45) is 0 Å². The number of benzene rings is 3. The minimum absolute atomic E-state index is 0.0244. The van der Waals surface area contributed by atoms with Gasteiger partial charge in [-0.05, 0) is 48.7 Å². The highest BCUT2D eigenvalue weighted by Gasteiger charge is 2.24. The molecule has 0 aliphatic rings. The van der Waals surface area contributed by atoms with Gasteiger partial charge in [-0.3, -0.25) is 4.57 Å². The summed E-state index contributed by atoms with van der Waals surface area (Å²) in [6.07, 6.45) is 2.40. The molecule has 5 rings (SSSR count). The Hall–Kier alpha value is -4.94. The van der Waals surface area contributed by atoms with Crippen molar-refractivity contribution in [3.8, 4) is 22.8 Å². The van der Waals surface area contributed by atoms with E-state index < -0.39 is 27.4 Å². The maximum Gasteiger partial charge on any atom is 0.347 e. The predicted octanol–water partition coefficient (Wildman–Crippen LogP) is 5.34. The Morgan fingerprint density at radius 1 is 0.913 bits per heavy atom. The lowest BCUT2D eigenvalue weighted by Gasteiger charge is -2.19. The van der Waals surface area contributed by atoms with Crippen LogP contribution in [-0.4, -0.2) is 47.9 Å². The fourth-order valence-electron chi connectivity index (χ4n) is 4.88. The molecule has 46 heavy (non-hydrogen) atoms. The Bertz CT molecular complexity index is 1990. The van der Waals surface area contributed by atoms with Gasteiger partial charge in [-0.1, -0.05) is 54.6 Å². The van der Waals surface area contributed by atoms with Gasteiger partial charge in [-0.25, -0.2) is 32.6 Å². The van der Waals surface area contributed by atoms with E-state index in [2.05, 4.69) is 15.0 Å². The largest absolute Gasteiger partial charge is 0.493 e. The number of hydrogen-bond acceptors (Lipinski definition) is 9. The molecule has 0 spiro atoms. The molecule has 3 aromatic carbocycles. The van der Waals surface area contributed by atoms with Gasteiger partial charge in [0.2, 0.25) is 15.0 Å². The second kappa shape index (κ2) is 14.4. The average molecular weight is 645 g/mol. The van der Waals surface area contributed by atoms with Crippen LogP contribution >= 0.6 is 0 Å². The first-order valence-corrected chi connectivity index (χ1v) is 16.1. The molecular weight excluding hydrogens is 611 g/mol. The first-order chi connectivity index (χ1) is 22.2. The third-order valence-corrected chi connectivity index (χ3v) is 8.79. The SMILES string of the molecule is COc1ccc(Cn2cc(-c3cc(C)nc(S(=O)(=O)CCC(OCc4ccccc4F)c4ccccc4)n3)cnc2=O)cc1OC. The van der Waals surface area contributed by atoms with Crippen LogP contribution in [0.1, 0.15) is 34.9 Å². The highest BCUT2D eigenvalue weighted by molar-refractivity contribution is 7.91. The Kier molecular flexibility index (Phi) is 10.2. The third kappa shape index (κ3) is 7.82. The third-order valence-electron chi connectivity index (χ3n) is 7.28. The highest BCUT2D eigenvalue weighted by atomic mass is 32.2. The van der Waals surface area contributed by atoms with Crippen LogP contribution in [0.4, 0.5) is 4.39 Å². The molecule has 0 saturated carbocycles. The molecule has 0 bridgehead atoms. The summed E-state index contributed by atoms with van der Waals surface area (Å²) in [5.74, 6) is 0.365. The number of sulfone groups is 1. The monoisotopic (exact) mass is 644 g/mol. The van der Waals surface area contributed by atoms with E-state index in [9.17, 15) is 17.6 Å². The number of hydrogen-bond donors (Lipinski definition) is 0. The fraction of sp³-hybridized carbons (Fsp3) is 0.235. The summed E-state index contributed by atoms with van der Waals surface area (Å²) >= 11 is 0. The zero-order valence-electron chi connectivity index (χ0n) is 25.6. The van der Waals surface area contributed by atoms with Gasteiger partial charge in [-0.2, -0.15) is 0 Å². The van der Waals surface area contributed by atoms with Crippen LogP contribution in [0, 0.1) is 12.7 Å². The number of halogens is 1. The summed E-state index contributed by atoms with van der Waals surface area (Å²) < 4.78 is 59.5. The van der Waals surface area contributed by atoms with Gasteiger partial charge in [0, 0.05) is 29.2 Å². The van der Waals surface area contributed by atoms with E-state index in [0.717, 1.165) is 11.1 Å². The van der Waals surface area contributed by atoms with Crippen molar-refractivity contribution in [3.63, 3.8) is 0 Å². The molecule has 1 atom stereocenters. The molecule has 5 aromatic rings. The molecule has 0 radical (unpaired) electrons. The molecule has 12 heteroatoms. The summed E-state index contributed by atoms with van der Waals surface area (Å²) in [6.45, 7) is 1.83. The molecule has 0 aliphatic carbocycles. The average Bonchev–Trinajstić information content (AvgIpc) is 3.06. The Morgan fingerprint density at radius 2 is 1.65 bits per heavy atom. The Labute approximate surface area is 266 Å². The van der Waals surface area contributed by atoms with E-state index >= 15 is 0 Å². The Balaban J connectivity index is 1.37. The molecule has 0 N–H and O–H groups in total. The van der Waals surface area contributed by atoms with Crippen molar-refractivity contribution in [3.05, 3.63) is 130 Å². The topological polar surface area (TPSA) is 123 Å². The number of ether oxygens (including phenoxy) is 3. The maximum atomic E-state index is 14.2. The lowest BCUT2D eigenvalue weighted by atomic mass is 10.1. The van der Waals surface area contributed by atoms with Crippen LogP contribution in [-0.2, 0) is 27.7 Å². The quantitative estimate of drug-likeness (QED) is 0.156. The van der Waals surface area contributed by atoms with Gasteiger partial charge in [-0.15, -0.1) is 0 Å². The highest BCUT2D eigenvalue weighted by Crippen LogP contribution is 2.28. The number of aryl methyl sites for hydroxylation is 1. The van der Waals surface area contributed by atoms with Crippen molar-refractivity contribution < 1.29 is 27.0 Å². The van der Waals surface area contributed by atoms with E-state index in [0.29, 0.717) is 34.0 Å². The molecular formula is C34H33FN4O6S. The van der Waals surface area contributed by atoms with Gasteiger partial charge in [0.15, 0.2) is 11.5 Å². The fourth-order valence-corrected chi connectivity index (χ4v) is 6.11. The second-order valence-electron chi connectivity index (χ2n) is 10.5. The first-order valence-electron chi connectivity index (χ1n) is 14.4. The predicted molar refractivity (Wildman–Crippen MR) is 170 cm³/mol. The van der Waals surface area contributed by atoms with Crippen molar-refractivity contribution in [2.45, 2.75) is 37.8 Å². The molecule has 1 unspecified atom stereocenters. The molecule has 0 fully saturated rings. The second-order valence-corrected chi connectivity index (χ2v) is 12.5. The molecule has 10 nitrogen and oxygen atoms in total. The maximum absolute atomic E-state index is 14.2. The molecule has 2 heterocycles. The molecule has 0 aliphatic heterocycles. The van der Waals surface area contributed by atoms with Gasteiger partial charge in [0.25, 0.3) is 0 Å². The van der Waals surface area contributed by atoms with Crippen LogP contribution in [0.5, 0.6) is 11.5 Å². The van der Waals surface area contributed by atoms with Crippen molar-refractivity contribution >= 4 is 9.84 Å². The van der Waals surface area contributed by atoms with E-state index in [1.54, 1.807) is 49.5 Å². The van der Waals surface area contributed by atoms with E-state index in [1.165, 1.54) is 31.0 Å². The van der Waals surface area contributed by atoms with Crippen LogP contribution in [0.2, 0.25) is 0 Å². The minimum Gasteiger partial charge on any atom is -0.493 e. The van der Waals surface area contributed by atoms with Crippen LogP contribution in [0.25, 0.3) is 11.3 Å². The summed E-state index contributed by atoms with van der Waals surface area (Å²) in [5, 5.41) is -0.346. The molecule has 0 saturated heterocycles. The lowest BCUT2D eigenvalue weighted by molar-refractivity contribution is 0.0361. The number of methoxy groups -OCH3 is 2. The van der Waals surface area contributed by atoms with Crippen LogP contribution in [0.15, 0.2) is 101 Å². The standard InChI is InChI=1S/C34H33FN4O6S/c1-23-17-29(27-19-36-34(40)39(21-27)20-24-13-14-31(43-2)32(18-24)44-3)38-33(37-23)46(41,42)16-15-30(25-9-5-4-6-10-25)45-22-26-11-7-8-12-28(26)35/h4-14,17-19,21,30H,15-16,20,22H2,1-3H3. The van der Waals surface area contributed by atoms with E-state index in [4.69, 9.17) is 14.2 Å². The summed E-state index contributed by atoms with van der Waals surface area (Å²) in [7, 11) is -0.913. The summed E-state index contributed by atoms with van der Waals surface area (Å²) in [6, 6.07) is 22.4. The van der Waals surface area contributed by atoms with Gasteiger partial charge in [0.05, 0.1) is 44.9 Å². The van der Waals surface area contributed by atoms with E-state index in [-0.39, 0.29) is 30.5 Å². The first kappa shape index (κ1) is 32.5. The van der Waals surface area contributed by atoms with Gasteiger partial charge < -0.3 is 14.2 Å². The van der Waals surface area contributed by atoms with Crippen LogP contribution in [0.3, 0.4) is 0 Å². The minimum atomic E-state index is -3.98. The van der Waals surface area contributed by atoms with Crippen molar-refractivity contribution in [1.29, 1.82) is 0 Å². The molecule has 2 aromatic heterocycles. The van der Waals surface area contributed by atoms with E-state index in [1.807, 2.05) is 36.4 Å². The lowest BCUT2D eigenvalue weighted by Crippen LogP contribution is -2.23. The summed E-state index contributed by atoms with van der Waals surface area (Å²) in [4.78, 5) is 25.2. The number of nitrogens with zero attached hydrogens (tertiary/aromatic N) is 4. The smallest absolute Gasteiger partial charge is 0.347 e. The molecule has 238 valence electrons. The number of aromatic nitrogens is 4. The normalized spacial score (nSPS) is 12.1. The van der Waals surface area contributed by atoms with Crippen molar-refractivity contribution in [1.82, 2.24) is 19.5 Å². The Morgan fingerprint density at radius 3 is 2.39 bits per heavy atom. The number of rotatable bonds is 13. The van der Waals surface area contributed by atoms with Crippen molar-refractivity contribution in [2.75, 3.05) is 20.0 Å². The van der Waals surface area contributed by atoms with Crippen LogP contribution < -0.4 is 15.2 Å².